The number of non-ortho nitro benzene ring substituents is 1. The zero-order valence-corrected chi connectivity index (χ0v) is 18.1. The van der Waals surface area contributed by atoms with Gasteiger partial charge in [-0.05, 0) is 25.3 Å². The summed E-state index contributed by atoms with van der Waals surface area (Å²) in [5, 5.41) is 26.2. The lowest BCUT2D eigenvalue weighted by Gasteiger charge is -2.27. The lowest BCUT2D eigenvalue weighted by molar-refractivity contribution is -0.393. The number of imidazole rings is 1. The van der Waals surface area contributed by atoms with Gasteiger partial charge in [0, 0.05) is 32.4 Å². The average molecular weight is 471 g/mol. The lowest BCUT2D eigenvalue weighted by atomic mass is 10.1. The molecule has 2 aromatic heterocycles. The van der Waals surface area contributed by atoms with Crippen molar-refractivity contribution in [3.63, 3.8) is 0 Å². The Balaban J connectivity index is 1.66. The van der Waals surface area contributed by atoms with Gasteiger partial charge in [0.15, 0.2) is 11.2 Å². The van der Waals surface area contributed by atoms with E-state index in [1.807, 2.05) is 4.90 Å². The summed E-state index contributed by atoms with van der Waals surface area (Å²) in [5.74, 6) is 0.522. The van der Waals surface area contributed by atoms with Gasteiger partial charge < -0.3 is 4.90 Å². The zero-order valence-electron chi connectivity index (χ0n) is 18.1. The molecule has 0 atom stereocenters. The first-order valence-electron chi connectivity index (χ1n) is 10.4. The van der Waals surface area contributed by atoms with Gasteiger partial charge >= 0.3 is 11.4 Å². The molecule has 0 amide bonds. The number of fused-ring (bicyclic) bond motifs is 1. The standard InChI is InChI=1S/C19H21N9O6/c1-24-16-15(17(29)22-19(24)30)26(18(21-16)25-8-3-2-4-9-25)10-7-20-23-13-6-5-12(27(31)32)11-14(13)28(33)34/h5-7,11,23H,2-4,8-10H2,1H3,(H,22,29,30)/b20-7+. The molecule has 3 aromatic rings. The summed E-state index contributed by atoms with van der Waals surface area (Å²) in [6, 6.07) is 3.17. The molecule has 0 spiro atoms. The molecule has 0 unspecified atom stereocenters. The molecule has 0 saturated carbocycles. The molecule has 34 heavy (non-hydrogen) atoms. The maximum Gasteiger partial charge on any atom is 0.329 e. The molecule has 1 aromatic carbocycles. The number of benzene rings is 1. The second-order valence-corrected chi connectivity index (χ2v) is 7.70. The van der Waals surface area contributed by atoms with Crippen molar-refractivity contribution in [3.05, 3.63) is 59.3 Å². The summed E-state index contributed by atoms with van der Waals surface area (Å²) in [5.41, 5.74) is 0.862. The van der Waals surface area contributed by atoms with Gasteiger partial charge in [0.1, 0.15) is 5.69 Å². The number of rotatable bonds is 7. The van der Waals surface area contributed by atoms with Gasteiger partial charge in [-0.1, -0.05) is 0 Å². The van der Waals surface area contributed by atoms with Crippen LogP contribution in [0.1, 0.15) is 19.3 Å². The van der Waals surface area contributed by atoms with E-state index in [0.29, 0.717) is 5.95 Å². The second-order valence-electron chi connectivity index (χ2n) is 7.70. The Morgan fingerprint density at radius 2 is 1.91 bits per heavy atom. The highest BCUT2D eigenvalue weighted by Crippen LogP contribution is 2.29. The summed E-state index contributed by atoms with van der Waals surface area (Å²) in [6.07, 6.45) is 4.43. The van der Waals surface area contributed by atoms with Gasteiger partial charge in [-0.25, -0.2) is 4.79 Å². The minimum absolute atomic E-state index is 0.0289. The Bertz CT molecular complexity index is 1410. The van der Waals surface area contributed by atoms with Crippen LogP contribution in [0.3, 0.4) is 0 Å². The smallest absolute Gasteiger partial charge is 0.329 e. The Hall–Kier alpha value is -4.56. The Kier molecular flexibility index (Phi) is 6.07. The van der Waals surface area contributed by atoms with E-state index < -0.39 is 32.5 Å². The molecular weight excluding hydrogens is 450 g/mol. The third-order valence-electron chi connectivity index (χ3n) is 5.56. The predicted octanol–water partition coefficient (Wildman–Crippen LogP) is 1.33. The molecule has 2 N–H and O–H groups in total. The molecule has 1 fully saturated rings. The number of hydrogen-bond acceptors (Lipinski definition) is 10. The minimum Gasteiger partial charge on any atom is -0.342 e. The van der Waals surface area contributed by atoms with Crippen molar-refractivity contribution >= 4 is 40.4 Å². The maximum atomic E-state index is 12.6. The quantitative estimate of drug-likeness (QED) is 0.291. The van der Waals surface area contributed by atoms with Crippen LogP contribution in [0, 0.1) is 20.2 Å². The molecule has 0 radical (unpaired) electrons. The van der Waals surface area contributed by atoms with Gasteiger partial charge in [0.05, 0.1) is 22.5 Å². The van der Waals surface area contributed by atoms with E-state index in [1.54, 1.807) is 4.57 Å². The fourth-order valence-corrected chi connectivity index (χ4v) is 3.85. The predicted molar refractivity (Wildman–Crippen MR) is 124 cm³/mol. The van der Waals surface area contributed by atoms with Crippen molar-refractivity contribution in [1.82, 2.24) is 19.1 Å². The molecular formula is C19H21N9O6. The van der Waals surface area contributed by atoms with E-state index in [4.69, 9.17) is 0 Å². The Labute approximate surface area is 190 Å². The van der Waals surface area contributed by atoms with Crippen LogP contribution in [0.2, 0.25) is 0 Å². The monoisotopic (exact) mass is 471 g/mol. The first-order chi connectivity index (χ1) is 16.3. The van der Waals surface area contributed by atoms with Gasteiger partial charge in [0.2, 0.25) is 5.95 Å². The van der Waals surface area contributed by atoms with Crippen LogP contribution in [0.4, 0.5) is 23.0 Å². The number of nitro benzene ring substituents is 2. The largest absolute Gasteiger partial charge is 0.342 e. The number of nitrogens with zero attached hydrogens (tertiary/aromatic N) is 7. The number of aromatic amines is 1. The third kappa shape index (κ3) is 4.22. The van der Waals surface area contributed by atoms with Crippen LogP contribution in [0.5, 0.6) is 0 Å². The molecule has 1 saturated heterocycles. The highest BCUT2D eigenvalue weighted by Gasteiger charge is 2.23. The highest BCUT2D eigenvalue weighted by atomic mass is 16.6. The van der Waals surface area contributed by atoms with E-state index in [0.717, 1.165) is 44.5 Å². The van der Waals surface area contributed by atoms with Gasteiger partial charge in [0.25, 0.3) is 11.2 Å². The number of H-pyrrole nitrogens is 1. The molecule has 1 aliphatic rings. The van der Waals surface area contributed by atoms with Crippen LogP contribution < -0.4 is 21.6 Å². The maximum absolute atomic E-state index is 12.6. The van der Waals surface area contributed by atoms with Crippen molar-refractivity contribution < 1.29 is 9.85 Å². The summed E-state index contributed by atoms with van der Waals surface area (Å²) in [4.78, 5) is 54.2. The van der Waals surface area contributed by atoms with Crippen molar-refractivity contribution in [2.75, 3.05) is 23.4 Å². The highest BCUT2D eigenvalue weighted by molar-refractivity contribution is 5.76. The molecule has 178 valence electrons. The number of piperidine rings is 1. The second kappa shape index (κ2) is 9.13. The van der Waals surface area contributed by atoms with Crippen LogP contribution >= 0.6 is 0 Å². The SMILES string of the molecule is Cn1c(=O)[nH]c(=O)c2c1nc(N1CCCCC1)n2C/C=N/Nc1ccc([N+](=O)[O-])cc1[N+](=O)[O-]. The van der Waals surface area contributed by atoms with Crippen molar-refractivity contribution in [2.45, 2.75) is 25.8 Å². The number of nitro groups is 2. The first kappa shape index (κ1) is 22.6. The average Bonchev–Trinajstić information content (AvgIpc) is 3.21. The Morgan fingerprint density at radius 1 is 1.18 bits per heavy atom. The molecule has 15 heteroatoms. The van der Waals surface area contributed by atoms with E-state index in [-0.39, 0.29) is 23.4 Å². The van der Waals surface area contributed by atoms with E-state index in [1.165, 1.54) is 23.9 Å². The fourth-order valence-electron chi connectivity index (χ4n) is 3.85. The molecule has 15 nitrogen and oxygen atoms in total. The number of nitrogens with one attached hydrogen (secondary N) is 2. The number of anilines is 2. The van der Waals surface area contributed by atoms with Crippen molar-refractivity contribution in [1.29, 1.82) is 0 Å². The molecule has 1 aliphatic heterocycles. The first-order valence-corrected chi connectivity index (χ1v) is 10.4. The number of aryl methyl sites for hydroxylation is 1. The van der Waals surface area contributed by atoms with Crippen LogP contribution in [0.25, 0.3) is 11.2 Å². The summed E-state index contributed by atoms with van der Waals surface area (Å²) in [6.45, 7) is 1.58. The molecule has 4 rings (SSSR count). The van der Waals surface area contributed by atoms with E-state index >= 15 is 0 Å². The van der Waals surface area contributed by atoms with Crippen LogP contribution in [-0.2, 0) is 13.6 Å². The zero-order chi connectivity index (χ0) is 24.4. The van der Waals surface area contributed by atoms with Gasteiger partial charge in [-0.2, -0.15) is 10.1 Å². The number of hydrogen-bond donors (Lipinski definition) is 2. The normalized spacial score (nSPS) is 14.1. The van der Waals surface area contributed by atoms with Crippen molar-refractivity contribution in [2.24, 2.45) is 12.1 Å². The molecule has 0 aliphatic carbocycles. The summed E-state index contributed by atoms with van der Waals surface area (Å²) >= 11 is 0. The number of aromatic nitrogens is 4. The topological polar surface area (TPSA) is 187 Å². The van der Waals surface area contributed by atoms with Crippen LogP contribution in [0.15, 0.2) is 32.9 Å². The minimum atomic E-state index is -0.747. The molecule has 0 bridgehead atoms. The van der Waals surface area contributed by atoms with Gasteiger partial charge in [-0.15, -0.1) is 0 Å². The molecule has 3 heterocycles. The fraction of sp³-hybridized carbons (Fsp3) is 0.368. The van der Waals surface area contributed by atoms with E-state index in [2.05, 4.69) is 20.5 Å². The van der Waals surface area contributed by atoms with E-state index in [9.17, 15) is 29.8 Å². The third-order valence-corrected chi connectivity index (χ3v) is 5.56. The summed E-state index contributed by atoms with van der Waals surface area (Å²) in [7, 11) is 1.52. The Morgan fingerprint density at radius 3 is 2.59 bits per heavy atom. The number of hydrazone groups is 1. The summed E-state index contributed by atoms with van der Waals surface area (Å²) < 4.78 is 2.89. The van der Waals surface area contributed by atoms with Crippen LogP contribution in [-0.4, -0.2) is 48.3 Å². The van der Waals surface area contributed by atoms with Crippen molar-refractivity contribution in [3.8, 4) is 0 Å². The lowest BCUT2D eigenvalue weighted by Crippen LogP contribution is -2.32. The van der Waals surface area contributed by atoms with Gasteiger partial charge in [-0.3, -0.25) is 44.6 Å².